The predicted octanol–water partition coefficient (Wildman–Crippen LogP) is 3.02. The lowest BCUT2D eigenvalue weighted by Gasteiger charge is -2.27. The van der Waals surface area contributed by atoms with Gasteiger partial charge in [-0.05, 0) is 31.9 Å². The Kier molecular flexibility index (Phi) is 2.95. The van der Waals surface area contributed by atoms with E-state index in [0.29, 0.717) is 5.69 Å². The van der Waals surface area contributed by atoms with Crippen LogP contribution >= 0.6 is 0 Å². The Bertz CT molecular complexity index is 370. The average Bonchev–Trinajstić information content (AvgIpc) is 2.68. The van der Waals surface area contributed by atoms with E-state index >= 15 is 0 Å². The van der Waals surface area contributed by atoms with E-state index < -0.39 is 0 Å². The van der Waals surface area contributed by atoms with Crippen LogP contribution in [0.25, 0.3) is 0 Å². The van der Waals surface area contributed by atoms with Crippen LogP contribution in [0.3, 0.4) is 0 Å². The van der Waals surface area contributed by atoms with E-state index in [4.69, 9.17) is 10.5 Å². The molecule has 0 heterocycles. The number of methoxy groups -OCH3 is 1. The molecule has 0 aliphatic heterocycles. The molecule has 0 amide bonds. The normalized spacial score (nSPS) is 18.4. The van der Waals surface area contributed by atoms with Crippen molar-refractivity contribution in [2.45, 2.75) is 38.1 Å². The number of rotatable bonds is 3. The lowest BCUT2D eigenvalue weighted by molar-refractivity contribution is 0.417. The molecular weight excluding hydrogens is 200 g/mol. The molecule has 0 aromatic heterocycles. The second-order valence-corrected chi connectivity index (χ2v) is 4.81. The third kappa shape index (κ3) is 2.08. The minimum Gasteiger partial charge on any atom is -0.495 e. The van der Waals surface area contributed by atoms with Crippen LogP contribution in [0.5, 0.6) is 5.75 Å². The van der Waals surface area contributed by atoms with Crippen LogP contribution in [0.2, 0.25) is 0 Å². The minimum atomic E-state index is 0.195. The molecule has 3 N–H and O–H groups in total. The molecule has 88 valence electrons. The maximum atomic E-state index is 6.04. The first kappa shape index (κ1) is 11.1. The summed E-state index contributed by atoms with van der Waals surface area (Å²) in [6.45, 7) is 2.26. The van der Waals surface area contributed by atoms with Crippen molar-refractivity contribution in [2.75, 3.05) is 18.2 Å². The SMILES string of the molecule is COc1cccc(NC2(C)CCCC2)c1N. The molecule has 0 saturated heterocycles. The first-order valence-electron chi connectivity index (χ1n) is 5.85. The van der Waals surface area contributed by atoms with Gasteiger partial charge in [0.05, 0.1) is 18.5 Å². The molecule has 3 heteroatoms. The lowest BCUT2D eigenvalue weighted by Crippen LogP contribution is -2.31. The van der Waals surface area contributed by atoms with E-state index in [2.05, 4.69) is 12.2 Å². The highest BCUT2D eigenvalue weighted by Gasteiger charge is 2.28. The molecular formula is C13H20N2O. The van der Waals surface area contributed by atoms with E-state index in [9.17, 15) is 0 Å². The van der Waals surface area contributed by atoms with Gasteiger partial charge in [-0.1, -0.05) is 18.9 Å². The molecule has 1 aliphatic carbocycles. The zero-order valence-electron chi connectivity index (χ0n) is 10.0. The summed E-state index contributed by atoms with van der Waals surface area (Å²) in [5.41, 5.74) is 7.93. The average molecular weight is 220 g/mol. The molecule has 1 aromatic rings. The number of anilines is 2. The van der Waals surface area contributed by atoms with E-state index in [1.807, 2.05) is 18.2 Å². The van der Waals surface area contributed by atoms with Crippen LogP contribution in [0.4, 0.5) is 11.4 Å². The van der Waals surface area contributed by atoms with Crippen molar-refractivity contribution in [3.8, 4) is 5.75 Å². The highest BCUT2D eigenvalue weighted by molar-refractivity contribution is 5.73. The highest BCUT2D eigenvalue weighted by Crippen LogP contribution is 2.36. The number of hydrogen-bond donors (Lipinski definition) is 2. The molecule has 1 saturated carbocycles. The van der Waals surface area contributed by atoms with Gasteiger partial charge >= 0.3 is 0 Å². The van der Waals surface area contributed by atoms with Gasteiger partial charge in [0.15, 0.2) is 0 Å². The number of nitrogen functional groups attached to an aromatic ring is 1. The summed E-state index contributed by atoms with van der Waals surface area (Å²) in [6.07, 6.45) is 5.02. The summed E-state index contributed by atoms with van der Waals surface area (Å²) in [5.74, 6) is 0.742. The molecule has 0 spiro atoms. The fourth-order valence-electron chi connectivity index (χ4n) is 2.44. The van der Waals surface area contributed by atoms with E-state index in [-0.39, 0.29) is 5.54 Å². The largest absolute Gasteiger partial charge is 0.495 e. The van der Waals surface area contributed by atoms with E-state index in [0.717, 1.165) is 11.4 Å². The van der Waals surface area contributed by atoms with Crippen LogP contribution in [0, 0.1) is 0 Å². The van der Waals surface area contributed by atoms with Crippen LogP contribution in [-0.2, 0) is 0 Å². The van der Waals surface area contributed by atoms with Crippen LogP contribution in [0.1, 0.15) is 32.6 Å². The molecule has 0 atom stereocenters. The standard InChI is InChI=1S/C13H20N2O/c1-13(8-3-4-9-13)15-10-6-5-7-11(16-2)12(10)14/h5-7,15H,3-4,8-9,14H2,1-2H3. The summed E-state index contributed by atoms with van der Waals surface area (Å²) in [6, 6.07) is 5.87. The van der Waals surface area contributed by atoms with Crippen LogP contribution in [-0.4, -0.2) is 12.6 Å². The summed E-state index contributed by atoms with van der Waals surface area (Å²) >= 11 is 0. The number of benzene rings is 1. The van der Waals surface area contributed by atoms with E-state index in [1.165, 1.54) is 25.7 Å². The molecule has 16 heavy (non-hydrogen) atoms. The zero-order chi connectivity index (χ0) is 11.6. The van der Waals surface area contributed by atoms with Crippen LogP contribution < -0.4 is 15.8 Å². The third-order valence-electron chi connectivity index (χ3n) is 3.43. The molecule has 1 fully saturated rings. The number of nitrogens with two attached hydrogens (primary N) is 1. The molecule has 1 aromatic carbocycles. The van der Waals surface area contributed by atoms with Gasteiger partial charge in [-0.25, -0.2) is 0 Å². The van der Waals surface area contributed by atoms with Gasteiger partial charge < -0.3 is 15.8 Å². The smallest absolute Gasteiger partial charge is 0.143 e. The van der Waals surface area contributed by atoms with Crippen molar-refractivity contribution >= 4 is 11.4 Å². The summed E-state index contributed by atoms with van der Waals surface area (Å²) in [5, 5.41) is 3.56. The van der Waals surface area contributed by atoms with Crippen molar-refractivity contribution in [2.24, 2.45) is 0 Å². The molecule has 0 radical (unpaired) electrons. The molecule has 1 aliphatic rings. The second kappa shape index (κ2) is 4.24. The Hall–Kier alpha value is -1.38. The van der Waals surface area contributed by atoms with Gasteiger partial charge in [-0.15, -0.1) is 0 Å². The fourth-order valence-corrected chi connectivity index (χ4v) is 2.44. The number of nitrogens with one attached hydrogen (secondary N) is 1. The van der Waals surface area contributed by atoms with Gasteiger partial charge in [-0.3, -0.25) is 0 Å². The third-order valence-corrected chi connectivity index (χ3v) is 3.43. The first-order valence-corrected chi connectivity index (χ1v) is 5.85. The number of para-hydroxylation sites is 1. The maximum absolute atomic E-state index is 6.04. The van der Waals surface area contributed by atoms with Gasteiger partial charge in [0.1, 0.15) is 5.75 Å². The Morgan fingerprint density at radius 1 is 1.31 bits per heavy atom. The second-order valence-electron chi connectivity index (χ2n) is 4.81. The van der Waals surface area contributed by atoms with Crippen molar-refractivity contribution in [3.05, 3.63) is 18.2 Å². The minimum absolute atomic E-state index is 0.195. The number of hydrogen-bond acceptors (Lipinski definition) is 3. The molecule has 3 nitrogen and oxygen atoms in total. The van der Waals surface area contributed by atoms with Gasteiger partial charge in [0.2, 0.25) is 0 Å². The Labute approximate surface area is 97.0 Å². The van der Waals surface area contributed by atoms with Crippen molar-refractivity contribution in [1.82, 2.24) is 0 Å². The van der Waals surface area contributed by atoms with E-state index in [1.54, 1.807) is 7.11 Å². The molecule has 0 bridgehead atoms. The lowest BCUT2D eigenvalue weighted by atomic mass is 10.00. The van der Waals surface area contributed by atoms with Gasteiger partial charge in [0.25, 0.3) is 0 Å². The summed E-state index contributed by atoms with van der Waals surface area (Å²) < 4.78 is 5.22. The molecule has 2 rings (SSSR count). The Morgan fingerprint density at radius 3 is 2.62 bits per heavy atom. The maximum Gasteiger partial charge on any atom is 0.143 e. The first-order chi connectivity index (χ1) is 7.64. The van der Waals surface area contributed by atoms with Gasteiger partial charge in [0, 0.05) is 5.54 Å². The highest BCUT2D eigenvalue weighted by atomic mass is 16.5. The zero-order valence-corrected chi connectivity index (χ0v) is 10.0. The van der Waals surface area contributed by atoms with Crippen molar-refractivity contribution in [1.29, 1.82) is 0 Å². The number of ether oxygens (including phenoxy) is 1. The predicted molar refractivity (Wildman–Crippen MR) is 67.9 cm³/mol. The Balaban J connectivity index is 2.21. The fraction of sp³-hybridized carbons (Fsp3) is 0.538. The Morgan fingerprint density at radius 2 is 2.00 bits per heavy atom. The molecule has 0 unspecified atom stereocenters. The monoisotopic (exact) mass is 220 g/mol. The quantitative estimate of drug-likeness (QED) is 0.770. The summed E-state index contributed by atoms with van der Waals surface area (Å²) in [7, 11) is 1.65. The van der Waals surface area contributed by atoms with Crippen LogP contribution in [0.15, 0.2) is 18.2 Å². The topological polar surface area (TPSA) is 47.3 Å². The van der Waals surface area contributed by atoms with Crippen molar-refractivity contribution < 1.29 is 4.74 Å². The van der Waals surface area contributed by atoms with Crippen molar-refractivity contribution in [3.63, 3.8) is 0 Å². The van der Waals surface area contributed by atoms with Gasteiger partial charge in [-0.2, -0.15) is 0 Å². The summed E-state index contributed by atoms with van der Waals surface area (Å²) in [4.78, 5) is 0.